The lowest BCUT2D eigenvalue weighted by Gasteiger charge is -2.06. The third kappa shape index (κ3) is 4.35. The summed E-state index contributed by atoms with van der Waals surface area (Å²) in [5.74, 6) is 0.359. The summed E-state index contributed by atoms with van der Waals surface area (Å²) in [6.45, 7) is 3.36. The van der Waals surface area contributed by atoms with Crippen molar-refractivity contribution < 1.29 is 4.79 Å². The maximum atomic E-state index is 12.6. The number of amides is 1. The molecule has 4 rings (SSSR count). The zero-order chi connectivity index (χ0) is 19.3. The third-order valence-corrected chi connectivity index (χ3v) is 4.40. The van der Waals surface area contributed by atoms with Gasteiger partial charge in [-0.1, -0.05) is 42.0 Å². The van der Waals surface area contributed by atoms with Gasteiger partial charge in [0.1, 0.15) is 0 Å². The number of hydrogen-bond acceptors (Lipinski definition) is 3. The van der Waals surface area contributed by atoms with Gasteiger partial charge in [0, 0.05) is 30.2 Å². The Balaban J connectivity index is 1.42. The van der Waals surface area contributed by atoms with E-state index in [-0.39, 0.29) is 5.91 Å². The Labute approximate surface area is 163 Å². The number of benzene rings is 2. The molecule has 0 saturated heterocycles. The van der Waals surface area contributed by atoms with Crippen LogP contribution in [0.25, 0.3) is 0 Å². The summed E-state index contributed by atoms with van der Waals surface area (Å²) in [6, 6.07) is 19.5. The predicted molar refractivity (Wildman–Crippen MR) is 108 cm³/mol. The number of nitrogens with zero attached hydrogens (tertiary/aromatic N) is 4. The van der Waals surface area contributed by atoms with Crippen molar-refractivity contribution in [2.75, 3.05) is 5.32 Å². The summed E-state index contributed by atoms with van der Waals surface area (Å²) in [7, 11) is 0. The fraction of sp³-hybridized carbons (Fsp3) is 0.136. The lowest BCUT2D eigenvalue weighted by Crippen LogP contribution is -2.13. The number of carbonyl (C=O) groups is 1. The van der Waals surface area contributed by atoms with Crippen LogP contribution in [0.4, 0.5) is 5.82 Å². The first-order valence-electron chi connectivity index (χ1n) is 9.12. The van der Waals surface area contributed by atoms with Crippen LogP contribution in [-0.2, 0) is 13.1 Å². The minimum atomic E-state index is -0.178. The number of aromatic nitrogens is 4. The molecule has 2 aromatic heterocycles. The van der Waals surface area contributed by atoms with Gasteiger partial charge in [-0.05, 0) is 36.2 Å². The molecule has 0 aliphatic heterocycles. The Morgan fingerprint density at radius 3 is 2.50 bits per heavy atom. The van der Waals surface area contributed by atoms with E-state index in [4.69, 9.17) is 0 Å². The van der Waals surface area contributed by atoms with Crippen molar-refractivity contribution in [2.45, 2.75) is 20.0 Å². The normalized spacial score (nSPS) is 10.8. The second kappa shape index (κ2) is 7.92. The maximum absolute atomic E-state index is 12.6. The van der Waals surface area contributed by atoms with E-state index in [1.54, 1.807) is 18.3 Å². The Hall–Kier alpha value is -3.67. The number of rotatable bonds is 6. The lowest BCUT2D eigenvalue weighted by atomic mass is 10.1. The highest BCUT2D eigenvalue weighted by Gasteiger charge is 2.09. The Bertz CT molecular complexity index is 1080. The number of nitrogens with one attached hydrogen (secondary N) is 1. The maximum Gasteiger partial charge on any atom is 0.256 e. The van der Waals surface area contributed by atoms with E-state index in [2.05, 4.69) is 40.6 Å². The Morgan fingerprint density at radius 1 is 0.929 bits per heavy atom. The van der Waals surface area contributed by atoms with Gasteiger partial charge in [-0.25, -0.2) is 0 Å². The predicted octanol–water partition coefficient (Wildman–Crippen LogP) is 3.74. The number of carbonyl (C=O) groups excluding carboxylic acids is 1. The molecule has 6 nitrogen and oxygen atoms in total. The monoisotopic (exact) mass is 371 g/mol. The second-order valence-corrected chi connectivity index (χ2v) is 6.75. The smallest absolute Gasteiger partial charge is 0.256 e. The first-order chi connectivity index (χ1) is 13.7. The Kier molecular flexibility index (Phi) is 5.01. The van der Waals surface area contributed by atoms with E-state index in [0.29, 0.717) is 24.5 Å². The molecule has 0 unspecified atom stereocenters. The third-order valence-electron chi connectivity index (χ3n) is 4.40. The molecule has 0 spiro atoms. The number of anilines is 1. The second-order valence-electron chi connectivity index (χ2n) is 6.75. The standard InChI is InChI=1S/C22H21N5O/c1-17-5-2-6-18(13-17)16-27-12-9-21(25-27)24-22(28)20-8-3-7-19(14-20)15-26-11-4-10-23-26/h2-14H,15-16H2,1H3,(H,24,25,28). The van der Waals surface area contributed by atoms with Crippen LogP contribution in [0.2, 0.25) is 0 Å². The quantitative estimate of drug-likeness (QED) is 0.562. The van der Waals surface area contributed by atoms with Gasteiger partial charge < -0.3 is 5.32 Å². The summed E-state index contributed by atoms with van der Waals surface area (Å²) < 4.78 is 3.64. The van der Waals surface area contributed by atoms with Gasteiger partial charge in [-0.15, -0.1) is 0 Å². The summed E-state index contributed by atoms with van der Waals surface area (Å²) in [5, 5.41) is 11.5. The van der Waals surface area contributed by atoms with Gasteiger partial charge in [0.15, 0.2) is 5.82 Å². The van der Waals surface area contributed by atoms with Crippen molar-refractivity contribution in [1.29, 1.82) is 0 Å². The largest absolute Gasteiger partial charge is 0.305 e. The van der Waals surface area contributed by atoms with Crippen molar-refractivity contribution in [3.63, 3.8) is 0 Å². The molecule has 0 radical (unpaired) electrons. The highest BCUT2D eigenvalue weighted by Crippen LogP contribution is 2.12. The molecule has 6 heteroatoms. The fourth-order valence-corrected chi connectivity index (χ4v) is 3.09. The number of aryl methyl sites for hydroxylation is 1. The Morgan fingerprint density at radius 2 is 1.71 bits per heavy atom. The van der Waals surface area contributed by atoms with Crippen LogP contribution < -0.4 is 5.32 Å². The van der Waals surface area contributed by atoms with Gasteiger partial charge in [0.25, 0.3) is 5.91 Å². The van der Waals surface area contributed by atoms with E-state index in [1.165, 1.54) is 11.1 Å². The van der Waals surface area contributed by atoms with Crippen molar-refractivity contribution in [2.24, 2.45) is 0 Å². The highest BCUT2D eigenvalue weighted by atomic mass is 16.1. The number of hydrogen-bond donors (Lipinski definition) is 1. The molecule has 140 valence electrons. The molecule has 0 bridgehead atoms. The molecule has 4 aromatic rings. The van der Waals surface area contributed by atoms with Crippen LogP contribution in [0.5, 0.6) is 0 Å². The summed E-state index contributed by atoms with van der Waals surface area (Å²) in [5.41, 5.74) is 4.00. The van der Waals surface area contributed by atoms with Crippen molar-refractivity contribution in [3.8, 4) is 0 Å². The van der Waals surface area contributed by atoms with Gasteiger partial charge >= 0.3 is 0 Å². The van der Waals surface area contributed by atoms with E-state index in [1.807, 2.05) is 52.1 Å². The van der Waals surface area contributed by atoms with Gasteiger partial charge in [0.05, 0.1) is 13.1 Å². The summed E-state index contributed by atoms with van der Waals surface area (Å²) in [4.78, 5) is 12.6. The molecule has 0 aliphatic carbocycles. The zero-order valence-corrected chi connectivity index (χ0v) is 15.6. The molecule has 1 N–H and O–H groups in total. The molecule has 0 aliphatic rings. The van der Waals surface area contributed by atoms with E-state index in [0.717, 1.165) is 5.56 Å². The average Bonchev–Trinajstić information content (AvgIpc) is 3.34. The first-order valence-corrected chi connectivity index (χ1v) is 9.12. The van der Waals surface area contributed by atoms with Crippen molar-refractivity contribution >= 4 is 11.7 Å². The van der Waals surface area contributed by atoms with Crippen molar-refractivity contribution in [3.05, 3.63) is 102 Å². The topological polar surface area (TPSA) is 64.7 Å². The molecular weight excluding hydrogens is 350 g/mol. The van der Waals surface area contributed by atoms with Crippen LogP contribution >= 0.6 is 0 Å². The minimum Gasteiger partial charge on any atom is -0.305 e. The van der Waals surface area contributed by atoms with E-state index < -0.39 is 0 Å². The average molecular weight is 371 g/mol. The van der Waals surface area contributed by atoms with Crippen LogP contribution in [-0.4, -0.2) is 25.5 Å². The van der Waals surface area contributed by atoms with Gasteiger partial charge in [-0.2, -0.15) is 10.2 Å². The summed E-state index contributed by atoms with van der Waals surface area (Å²) >= 11 is 0. The van der Waals surface area contributed by atoms with Crippen LogP contribution in [0.15, 0.2) is 79.3 Å². The highest BCUT2D eigenvalue weighted by molar-refractivity contribution is 6.03. The van der Waals surface area contributed by atoms with Gasteiger partial charge in [0.2, 0.25) is 0 Å². The molecule has 1 amide bonds. The minimum absolute atomic E-state index is 0.178. The molecular formula is C22H21N5O. The van der Waals surface area contributed by atoms with Crippen LogP contribution in [0.1, 0.15) is 27.0 Å². The lowest BCUT2D eigenvalue weighted by molar-refractivity contribution is 0.102. The molecule has 28 heavy (non-hydrogen) atoms. The van der Waals surface area contributed by atoms with Crippen LogP contribution in [0, 0.1) is 6.92 Å². The molecule has 0 saturated carbocycles. The molecule has 0 fully saturated rings. The summed E-state index contributed by atoms with van der Waals surface area (Å²) in [6.07, 6.45) is 5.50. The zero-order valence-electron chi connectivity index (χ0n) is 15.6. The molecule has 2 aromatic carbocycles. The fourth-order valence-electron chi connectivity index (χ4n) is 3.09. The molecule has 2 heterocycles. The SMILES string of the molecule is Cc1cccc(Cn2ccc(NC(=O)c3cccc(Cn4cccn4)c3)n2)c1. The molecule has 0 atom stereocenters. The van der Waals surface area contributed by atoms with E-state index in [9.17, 15) is 4.79 Å². The van der Waals surface area contributed by atoms with Crippen LogP contribution in [0.3, 0.4) is 0 Å². The first kappa shape index (κ1) is 17.7. The van der Waals surface area contributed by atoms with E-state index >= 15 is 0 Å². The van der Waals surface area contributed by atoms with Crippen molar-refractivity contribution in [1.82, 2.24) is 19.6 Å². The van der Waals surface area contributed by atoms with Gasteiger partial charge in [-0.3, -0.25) is 14.2 Å².